The van der Waals surface area contributed by atoms with E-state index in [0.29, 0.717) is 30.7 Å². The van der Waals surface area contributed by atoms with Crippen molar-refractivity contribution in [2.24, 2.45) is 5.73 Å². The monoisotopic (exact) mass is 305 g/mol. The Labute approximate surface area is 129 Å². The van der Waals surface area contributed by atoms with E-state index in [2.05, 4.69) is 0 Å². The quantitative estimate of drug-likeness (QED) is 0.600. The van der Waals surface area contributed by atoms with Gasteiger partial charge in [0.15, 0.2) is 0 Å². The van der Waals surface area contributed by atoms with Crippen LogP contribution in [0, 0.1) is 0 Å². The molecule has 1 atom stereocenters. The summed E-state index contributed by atoms with van der Waals surface area (Å²) in [6, 6.07) is 5.17. The summed E-state index contributed by atoms with van der Waals surface area (Å²) in [5, 5.41) is 10.1. The van der Waals surface area contributed by atoms with Crippen molar-refractivity contribution < 1.29 is 24.0 Å². The molecule has 3 N–H and O–H groups in total. The van der Waals surface area contributed by atoms with Crippen molar-refractivity contribution in [1.82, 2.24) is 0 Å². The van der Waals surface area contributed by atoms with Gasteiger partial charge in [-0.25, -0.2) is 4.79 Å². The Morgan fingerprint density at radius 3 is 2.95 bits per heavy atom. The number of benzene rings is 1. The van der Waals surface area contributed by atoms with Crippen LogP contribution in [-0.4, -0.2) is 37.0 Å². The predicted molar refractivity (Wildman–Crippen MR) is 81.7 cm³/mol. The van der Waals surface area contributed by atoms with Crippen LogP contribution >= 0.6 is 0 Å². The third-order valence-corrected chi connectivity index (χ3v) is 3.63. The van der Waals surface area contributed by atoms with Gasteiger partial charge in [0.25, 0.3) is 0 Å². The van der Waals surface area contributed by atoms with E-state index in [1.165, 1.54) is 0 Å². The van der Waals surface area contributed by atoms with Gasteiger partial charge in [-0.05, 0) is 31.5 Å². The number of rotatable bonds is 6. The van der Waals surface area contributed by atoms with Crippen LogP contribution in [0.4, 0.5) is 0 Å². The number of carbonyl (C=O) groups is 2. The van der Waals surface area contributed by atoms with E-state index >= 15 is 0 Å². The average molecular weight is 305 g/mol. The highest BCUT2D eigenvalue weighted by Gasteiger charge is 2.37. The van der Waals surface area contributed by atoms with Crippen LogP contribution in [0.25, 0.3) is 0 Å². The van der Waals surface area contributed by atoms with Crippen molar-refractivity contribution in [3.05, 3.63) is 29.3 Å². The fourth-order valence-corrected chi connectivity index (χ4v) is 2.58. The van der Waals surface area contributed by atoms with Gasteiger partial charge in [0, 0.05) is 18.7 Å². The van der Waals surface area contributed by atoms with Crippen molar-refractivity contribution in [3.8, 4) is 5.75 Å². The van der Waals surface area contributed by atoms with Crippen LogP contribution < -0.4 is 10.4 Å². The maximum Gasteiger partial charge on any atom is 0.526 e. The molecular formula is C15H20BNO5. The fraction of sp³-hybridized carbons (Fsp3) is 0.467. The minimum Gasteiger partial charge on any atom is -0.535 e. The van der Waals surface area contributed by atoms with Gasteiger partial charge in [-0.2, -0.15) is 0 Å². The fourth-order valence-electron chi connectivity index (χ4n) is 2.58. The molecule has 0 bridgehead atoms. The number of ketones is 1. The van der Waals surface area contributed by atoms with Gasteiger partial charge in [0.1, 0.15) is 17.1 Å². The van der Waals surface area contributed by atoms with Crippen molar-refractivity contribution >= 4 is 18.9 Å². The van der Waals surface area contributed by atoms with E-state index in [4.69, 9.17) is 15.1 Å². The van der Waals surface area contributed by atoms with Gasteiger partial charge in [-0.3, -0.25) is 4.79 Å². The van der Waals surface area contributed by atoms with Gasteiger partial charge < -0.3 is 20.1 Å². The highest BCUT2D eigenvalue weighted by molar-refractivity contribution is 6.47. The molecule has 6 nitrogen and oxygen atoms in total. The maximum absolute atomic E-state index is 11.9. The standard InChI is InChI=1S/C15H20BNO5/c1-2-21-15(19)13-5-3-4-10-8-11(9-12(18)6-7-17)16(20)22-14(10)13/h3-5,11,20H,2,6-9,17H2,1H3/t11-/m1/s1. The number of hydrogen-bond acceptors (Lipinski definition) is 6. The van der Waals surface area contributed by atoms with Crippen LogP contribution in [0.5, 0.6) is 5.75 Å². The number of ether oxygens (including phenoxy) is 1. The lowest BCUT2D eigenvalue weighted by molar-refractivity contribution is -0.119. The van der Waals surface area contributed by atoms with E-state index in [1.54, 1.807) is 19.1 Å². The van der Waals surface area contributed by atoms with E-state index in [0.717, 1.165) is 5.56 Å². The van der Waals surface area contributed by atoms with Crippen molar-refractivity contribution in [1.29, 1.82) is 0 Å². The largest absolute Gasteiger partial charge is 0.535 e. The highest BCUT2D eigenvalue weighted by atomic mass is 16.5. The van der Waals surface area contributed by atoms with Gasteiger partial charge in [0.2, 0.25) is 0 Å². The molecule has 0 saturated heterocycles. The van der Waals surface area contributed by atoms with E-state index in [-0.39, 0.29) is 24.6 Å². The Morgan fingerprint density at radius 2 is 2.27 bits per heavy atom. The average Bonchev–Trinajstić information content (AvgIpc) is 2.48. The molecular weight excluding hydrogens is 285 g/mol. The van der Waals surface area contributed by atoms with E-state index in [1.807, 2.05) is 6.07 Å². The van der Waals surface area contributed by atoms with Crippen LogP contribution in [0.2, 0.25) is 5.82 Å². The van der Waals surface area contributed by atoms with E-state index in [9.17, 15) is 14.6 Å². The summed E-state index contributed by atoms with van der Waals surface area (Å²) < 4.78 is 10.5. The zero-order chi connectivity index (χ0) is 16.1. The Kier molecular flexibility index (Phi) is 5.57. The molecule has 0 spiro atoms. The number of esters is 1. The zero-order valence-electron chi connectivity index (χ0n) is 12.6. The number of carbonyl (C=O) groups excluding carboxylic acids is 2. The van der Waals surface area contributed by atoms with Crippen molar-refractivity contribution in [2.45, 2.75) is 32.0 Å². The van der Waals surface area contributed by atoms with Gasteiger partial charge in [0.05, 0.1) is 6.61 Å². The lowest BCUT2D eigenvalue weighted by Gasteiger charge is -2.28. The van der Waals surface area contributed by atoms with Crippen molar-refractivity contribution in [2.75, 3.05) is 13.2 Å². The molecule has 2 rings (SSSR count). The first-order chi connectivity index (χ1) is 10.6. The van der Waals surface area contributed by atoms with Gasteiger partial charge >= 0.3 is 13.1 Å². The number of nitrogens with two attached hydrogens (primary N) is 1. The summed E-state index contributed by atoms with van der Waals surface area (Å²) in [6.07, 6.45) is 0.973. The van der Waals surface area contributed by atoms with Crippen LogP contribution in [-0.2, 0) is 16.0 Å². The normalized spacial score (nSPS) is 16.7. The number of para-hydroxylation sites is 1. The third-order valence-electron chi connectivity index (χ3n) is 3.63. The number of Topliss-reactive ketones (excluding diaryl/α,β-unsaturated/α-hetero) is 1. The van der Waals surface area contributed by atoms with Gasteiger partial charge in [-0.15, -0.1) is 0 Å². The first kappa shape index (κ1) is 16.5. The molecule has 1 aliphatic rings. The van der Waals surface area contributed by atoms with Crippen molar-refractivity contribution in [3.63, 3.8) is 0 Å². The zero-order valence-corrected chi connectivity index (χ0v) is 12.6. The summed E-state index contributed by atoms with van der Waals surface area (Å²) in [4.78, 5) is 23.6. The molecule has 0 amide bonds. The second kappa shape index (κ2) is 7.42. The predicted octanol–water partition coefficient (Wildman–Crippen LogP) is 0.957. The third kappa shape index (κ3) is 3.67. The SMILES string of the molecule is CCOC(=O)c1cccc2c1OB(O)[C@@H](CC(=O)CCN)C2. The van der Waals surface area contributed by atoms with Gasteiger partial charge in [-0.1, -0.05) is 12.1 Å². The molecule has 0 saturated carbocycles. The topological polar surface area (TPSA) is 98.9 Å². The minimum atomic E-state index is -1.12. The molecule has 0 unspecified atom stereocenters. The van der Waals surface area contributed by atoms with E-state index < -0.39 is 13.1 Å². The smallest absolute Gasteiger partial charge is 0.526 e. The Balaban J connectivity index is 2.18. The second-order valence-corrected chi connectivity index (χ2v) is 5.27. The van der Waals surface area contributed by atoms with Crippen LogP contribution in [0.1, 0.15) is 35.7 Å². The molecule has 1 aromatic rings. The molecule has 1 aromatic carbocycles. The summed E-state index contributed by atoms with van der Waals surface area (Å²) in [5.74, 6) is -0.468. The Morgan fingerprint density at radius 1 is 1.50 bits per heavy atom. The molecule has 7 heteroatoms. The second-order valence-electron chi connectivity index (χ2n) is 5.27. The lowest BCUT2D eigenvalue weighted by atomic mass is 9.64. The molecule has 1 aliphatic heterocycles. The lowest BCUT2D eigenvalue weighted by Crippen LogP contribution is -2.36. The number of fused-ring (bicyclic) bond motifs is 1. The molecule has 1 heterocycles. The molecule has 0 aromatic heterocycles. The first-order valence-electron chi connectivity index (χ1n) is 7.42. The highest BCUT2D eigenvalue weighted by Crippen LogP contribution is 2.36. The summed E-state index contributed by atoms with van der Waals surface area (Å²) >= 11 is 0. The molecule has 0 aliphatic carbocycles. The molecule has 0 radical (unpaired) electrons. The summed E-state index contributed by atoms with van der Waals surface area (Å²) in [7, 11) is -1.12. The van der Waals surface area contributed by atoms with Crippen LogP contribution in [0.3, 0.4) is 0 Å². The maximum atomic E-state index is 11.9. The first-order valence-corrected chi connectivity index (χ1v) is 7.42. The molecule has 22 heavy (non-hydrogen) atoms. The Bertz CT molecular complexity index is 563. The van der Waals surface area contributed by atoms with Crippen LogP contribution in [0.15, 0.2) is 18.2 Å². The molecule has 0 fully saturated rings. The Hall–Kier alpha value is -1.86. The summed E-state index contributed by atoms with van der Waals surface area (Å²) in [6.45, 7) is 2.29. The number of hydrogen-bond donors (Lipinski definition) is 2. The summed E-state index contributed by atoms with van der Waals surface area (Å²) in [5.41, 5.74) is 6.45. The molecule has 118 valence electrons. The minimum absolute atomic E-state index is 0.000136.